The Kier molecular flexibility index (Phi) is 9.14. The molecule has 0 heterocycles. The average Bonchev–Trinajstić information content (AvgIpc) is 1.35. The van der Waals surface area contributed by atoms with Crippen molar-refractivity contribution in [1.82, 2.24) is 0 Å². The van der Waals surface area contributed by atoms with Gasteiger partial charge in [0.15, 0.2) is 0 Å². The van der Waals surface area contributed by atoms with Gasteiger partial charge in [-0.1, -0.05) is 6.92 Å². The Morgan fingerprint density at radius 2 is 2.14 bits per heavy atom. The third-order valence-corrected chi connectivity index (χ3v) is 0.464. The summed E-state index contributed by atoms with van der Waals surface area (Å²) in [5.41, 5.74) is 0. The molecule has 3 heteroatoms. The van der Waals surface area contributed by atoms with Crippen LogP contribution in [0.2, 0.25) is 0 Å². The summed E-state index contributed by atoms with van der Waals surface area (Å²) in [6, 6.07) is 0. The van der Waals surface area contributed by atoms with E-state index in [4.69, 9.17) is 5.11 Å². The van der Waals surface area contributed by atoms with Crippen LogP contribution in [-0.4, -0.2) is 34.1 Å². The molecule has 0 rings (SSSR count). The minimum atomic E-state index is -0.711. The summed E-state index contributed by atoms with van der Waals surface area (Å²) in [6.07, 6.45) is 1.02. The van der Waals surface area contributed by atoms with Gasteiger partial charge in [-0.2, -0.15) is 0 Å². The van der Waals surface area contributed by atoms with Crippen molar-refractivity contribution in [2.75, 3.05) is 0 Å². The van der Waals surface area contributed by atoms with E-state index in [2.05, 4.69) is 0 Å². The van der Waals surface area contributed by atoms with E-state index in [9.17, 15) is 4.79 Å². The van der Waals surface area contributed by atoms with Crippen molar-refractivity contribution in [1.29, 1.82) is 0 Å². The molecule has 0 bridgehead atoms. The quantitative estimate of drug-likeness (QED) is 0.528. The molecule has 0 saturated heterocycles. The summed E-state index contributed by atoms with van der Waals surface area (Å²) in [7, 11) is 0. The van der Waals surface area contributed by atoms with Crippen molar-refractivity contribution >= 4 is 29.0 Å². The maximum atomic E-state index is 9.60. The smallest absolute Gasteiger partial charge is 0.303 e. The molecule has 0 aliphatic rings. The summed E-state index contributed by atoms with van der Waals surface area (Å²) in [4.78, 5) is 9.60. The molecule has 0 aromatic rings. The molecule has 0 aromatic heterocycles. The molecule has 0 saturated carbocycles. The number of carbonyl (C=O) groups is 1. The first-order chi connectivity index (χ1) is 2.77. The highest BCUT2D eigenvalue weighted by Crippen LogP contribution is 1.82. The largest absolute Gasteiger partial charge is 0.481 e. The van der Waals surface area contributed by atoms with E-state index in [-0.39, 0.29) is 23.1 Å². The molecule has 2 nitrogen and oxygen atoms in total. The van der Waals surface area contributed by atoms with Crippen molar-refractivity contribution in [2.45, 2.75) is 19.8 Å². The Balaban J connectivity index is 0. The predicted molar refractivity (Wildman–Crippen MR) is 28.3 cm³/mol. The standard InChI is InChI=1S/C4H8O2.Mg/c1-2-3-4(5)6;/h2-3H2,1H3,(H,5,6);. The van der Waals surface area contributed by atoms with Crippen LogP contribution in [0.15, 0.2) is 0 Å². The maximum absolute atomic E-state index is 9.60. The van der Waals surface area contributed by atoms with Crippen molar-refractivity contribution < 1.29 is 9.90 Å². The fourth-order valence-corrected chi connectivity index (χ4v) is 0.214. The summed E-state index contributed by atoms with van der Waals surface area (Å²) in [5.74, 6) is -0.711. The van der Waals surface area contributed by atoms with E-state index in [0.717, 1.165) is 6.42 Å². The van der Waals surface area contributed by atoms with Crippen LogP contribution in [0.3, 0.4) is 0 Å². The first kappa shape index (κ1) is 10.3. The molecule has 0 amide bonds. The highest BCUT2D eigenvalue weighted by Gasteiger charge is 1.87. The van der Waals surface area contributed by atoms with E-state index in [0.29, 0.717) is 6.42 Å². The zero-order valence-electron chi connectivity index (χ0n) is 4.48. The lowest BCUT2D eigenvalue weighted by Gasteiger charge is -1.79. The van der Waals surface area contributed by atoms with Crippen molar-refractivity contribution in [2.24, 2.45) is 0 Å². The van der Waals surface area contributed by atoms with E-state index in [1.807, 2.05) is 6.92 Å². The molecule has 0 aliphatic carbocycles. The van der Waals surface area contributed by atoms with Crippen molar-refractivity contribution in [3.05, 3.63) is 0 Å². The van der Waals surface area contributed by atoms with E-state index in [1.165, 1.54) is 0 Å². The number of hydrogen-bond donors (Lipinski definition) is 1. The van der Waals surface area contributed by atoms with Gasteiger partial charge < -0.3 is 5.11 Å². The van der Waals surface area contributed by atoms with Crippen LogP contribution >= 0.6 is 0 Å². The highest BCUT2D eigenvalue weighted by atomic mass is 24.3. The molecule has 1 N–H and O–H groups in total. The van der Waals surface area contributed by atoms with Crippen LogP contribution in [0.5, 0.6) is 0 Å². The Morgan fingerprint density at radius 3 is 2.14 bits per heavy atom. The van der Waals surface area contributed by atoms with Crippen LogP contribution in [0.25, 0.3) is 0 Å². The Labute approximate surface area is 59.1 Å². The normalized spacial score (nSPS) is 7.00. The third kappa shape index (κ3) is 10.7. The van der Waals surface area contributed by atoms with Crippen LogP contribution in [0, 0.1) is 0 Å². The molecule has 0 aliphatic heterocycles. The molecule has 7 heavy (non-hydrogen) atoms. The maximum Gasteiger partial charge on any atom is 0.303 e. The van der Waals surface area contributed by atoms with E-state index in [1.54, 1.807) is 0 Å². The van der Waals surface area contributed by atoms with Gasteiger partial charge >= 0.3 is 5.97 Å². The molecule has 0 atom stereocenters. The summed E-state index contributed by atoms with van der Waals surface area (Å²) in [5, 5.41) is 7.91. The van der Waals surface area contributed by atoms with Gasteiger partial charge in [-0.15, -0.1) is 0 Å². The molecular formula is C4H8MgO2. The van der Waals surface area contributed by atoms with Gasteiger partial charge in [0.25, 0.3) is 0 Å². The molecule has 38 valence electrons. The first-order valence-electron chi connectivity index (χ1n) is 1.99. The lowest BCUT2D eigenvalue weighted by atomic mass is 10.4. The average molecular weight is 112 g/mol. The number of carboxylic acids is 1. The Hall–Kier alpha value is 0.236. The Morgan fingerprint density at radius 1 is 1.71 bits per heavy atom. The molecule has 0 spiro atoms. The fraction of sp³-hybridized carbons (Fsp3) is 0.750. The summed E-state index contributed by atoms with van der Waals surface area (Å²) in [6.45, 7) is 1.84. The van der Waals surface area contributed by atoms with Crippen LogP contribution < -0.4 is 0 Å². The number of hydrogen-bond acceptors (Lipinski definition) is 1. The van der Waals surface area contributed by atoms with Crippen LogP contribution in [0.4, 0.5) is 0 Å². The second kappa shape index (κ2) is 6.24. The number of carboxylic acid groups (broad SMARTS) is 1. The lowest BCUT2D eigenvalue weighted by molar-refractivity contribution is -0.137. The molecule has 2 radical (unpaired) electrons. The van der Waals surface area contributed by atoms with Gasteiger partial charge in [0.1, 0.15) is 0 Å². The molecule has 0 unspecified atom stereocenters. The molecule has 0 fully saturated rings. The topological polar surface area (TPSA) is 37.3 Å². The van der Waals surface area contributed by atoms with Gasteiger partial charge in [0.2, 0.25) is 0 Å². The zero-order chi connectivity index (χ0) is 4.99. The minimum absolute atomic E-state index is 0. The predicted octanol–water partition coefficient (Wildman–Crippen LogP) is 0.490. The lowest BCUT2D eigenvalue weighted by Crippen LogP contribution is -1.90. The number of rotatable bonds is 2. The molecule has 0 aromatic carbocycles. The van der Waals surface area contributed by atoms with Gasteiger partial charge in [-0.3, -0.25) is 4.79 Å². The highest BCUT2D eigenvalue weighted by molar-refractivity contribution is 5.75. The van der Waals surface area contributed by atoms with Crippen molar-refractivity contribution in [3.8, 4) is 0 Å². The van der Waals surface area contributed by atoms with Gasteiger partial charge in [-0.05, 0) is 6.42 Å². The minimum Gasteiger partial charge on any atom is -0.481 e. The van der Waals surface area contributed by atoms with Crippen molar-refractivity contribution in [3.63, 3.8) is 0 Å². The monoisotopic (exact) mass is 112 g/mol. The van der Waals surface area contributed by atoms with Crippen LogP contribution in [-0.2, 0) is 4.79 Å². The van der Waals surface area contributed by atoms with Gasteiger partial charge in [0.05, 0.1) is 0 Å². The van der Waals surface area contributed by atoms with E-state index >= 15 is 0 Å². The molecular weight excluding hydrogens is 104 g/mol. The first-order valence-corrected chi connectivity index (χ1v) is 1.99. The second-order valence-corrected chi connectivity index (χ2v) is 1.14. The van der Waals surface area contributed by atoms with E-state index < -0.39 is 5.97 Å². The fourth-order valence-electron chi connectivity index (χ4n) is 0.214. The summed E-state index contributed by atoms with van der Waals surface area (Å²) >= 11 is 0. The SMILES string of the molecule is CCCC(=O)O.[Mg]. The third-order valence-electron chi connectivity index (χ3n) is 0.464. The Bertz CT molecular complexity index is 53.7. The second-order valence-electron chi connectivity index (χ2n) is 1.14. The zero-order valence-corrected chi connectivity index (χ0v) is 5.89. The summed E-state index contributed by atoms with van der Waals surface area (Å²) < 4.78 is 0. The van der Waals surface area contributed by atoms with Crippen LogP contribution in [0.1, 0.15) is 19.8 Å². The van der Waals surface area contributed by atoms with Gasteiger partial charge in [-0.25, -0.2) is 0 Å². The number of aliphatic carboxylic acids is 1. The van der Waals surface area contributed by atoms with Gasteiger partial charge in [0, 0.05) is 29.5 Å².